The maximum atomic E-state index is 12.4. The molecule has 0 amide bonds. The van der Waals surface area contributed by atoms with Gasteiger partial charge in [-0.1, -0.05) is 0 Å². The van der Waals surface area contributed by atoms with Gasteiger partial charge in [-0.2, -0.15) is 0 Å². The molecule has 0 saturated carbocycles. The summed E-state index contributed by atoms with van der Waals surface area (Å²) in [5.74, 6) is -0.953. The van der Waals surface area contributed by atoms with Crippen LogP contribution in [0.5, 0.6) is 0 Å². The second kappa shape index (κ2) is 4.61. The van der Waals surface area contributed by atoms with Crippen LogP contribution in [0.1, 0.15) is 15.9 Å². The van der Waals surface area contributed by atoms with Crippen molar-refractivity contribution in [3.63, 3.8) is 0 Å². The van der Waals surface area contributed by atoms with Crippen LogP contribution in [0.4, 0.5) is 5.69 Å². The van der Waals surface area contributed by atoms with Crippen molar-refractivity contribution in [2.45, 2.75) is 6.54 Å². The summed E-state index contributed by atoms with van der Waals surface area (Å²) in [5.41, 5.74) is 2.13. The Morgan fingerprint density at radius 2 is 1.79 bits per heavy atom. The van der Waals surface area contributed by atoms with Gasteiger partial charge in [0.2, 0.25) is 0 Å². The van der Waals surface area contributed by atoms with Crippen molar-refractivity contribution >= 4 is 30.2 Å². The third-order valence-electron chi connectivity index (χ3n) is 3.08. The van der Waals surface area contributed by atoms with Gasteiger partial charge in [0.25, 0.3) is 0 Å². The van der Waals surface area contributed by atoms with E-state index in [-0.39, 0.29) is 5.56 Å². The minimum absolute atomic E-state index is 0.239. The first-order chi connectivity index (χ1) is 9.16. The summed E-state index contributed by atoms with van der Waals surface area (Å²) >= 11 is -2.25. The van der Waals surface area contributed by atoms with Crippen molar-refractivity contribution in [3.8, 4) is 0 Å². The number of hydrogen-bond acceptors (Lipinski definition) is 2. The number of benzene rings is 2. The van der Waals surface area contributed by atoms with Crippen LogP contribution in [0.25, 0.3) is 0 Å². The molecule has 1 unspecified atom stereocenters. The van der Waals surface area contributed by atoms with Crippen molar-refractivity contribution in [1.82, 2.24) is 0 Å². The molecule has 2 aromatic carbocycles. The zero-order valence-corrected chi connectivity index (χ0v) is 11.7. The number of hydrogen-bond donors (Lipinski definition) is 1. The molecular weight excluding hydrogens is 309 g/mol. The van der Waals surface area contributed by atoms with Crippen molar-refractivity contribution in [2.75, 3.05) is 3.92 Å². The van der Waals surface area contributed by atoms with E-state index in [4.69, 9.17) is 5.11 Å². The van der Waals surface area contributed by atoms with Gasteiger partial charge in [-0.3, -0.25) is 0 Å². The van der Waals surface area contributed by atoms with E-state index in [9.17, 15) is 8.63 Å². The molecule has 1 atom stereocenters. The van der Waals surface area contributed by atoms with Crippen molar-refractivity contribution in [2.24, 2.45) is 0 Å². The molecule has 4 nitrogen and oxygen atoms in total. The predicted octanol–water partition coefficient (Wildman–Crippen LogP) is 1.53. The number of carboxylic acid groups (broad SMARTS) is 1. The van der Waals surface area contributed by atoms with E-state index in [0.29, 0.717) is 6.54 Å². The molecule has 2 aromatic rings. The Labute approximate surface area is 114 Å². The van der Waals surface area contributed by atoms with E-state index < -0.39 is 20.0 Å². The zero-order valence-electron chi connectivity index (χ0n) is 9.95. The minimum atomic E-state index is -2.25. The van der Waals surface area contributed by atoms with Crippen molar-refractivity contribution in [1.29, 1.82) is 0 Å². The zero-order chi connectivity index (χ0) is 13.4. The molecular formula is C14H11NO3Se. The molecule has 19 heavy (non-hydrogen) atoms. The van der Waals surface area contributed by atoms with Gasteiger partial charge in [0.15, 0.2) is 0 Å². The molecule has 0 fully saturated rings. The molecule has 0 aliphatic carbocycles. The van der Waals surface area contributed by atoms with E-state index >= 15 is 0 Å². The second-order valence-corrected chi connectivity index (χ2v) is 7.14. The fourth-order valence-electron chi connectivity index (χ4n) is 2.09. The molecule has 1 heterocycles. The molecule has 96 valence electrons. The maximum absolute atomic E-state index is 12.4. The van der Waals surface area contributed by atoms with Crippen LogP contribution in [0, 0.1) is 0 Å². The second-order valence-electron chi connectivity index (χ2n) is 4.25. The van der Waals surface area contributed by atoms with Gasteiger partial charge in [-0.25, -0.2) is 0 Å². The summed E-state index contributed by atoms with van der Waals surface area (Å²) in [4.78, 5) is 10.8. The van der Waals surface area contributed by atoms with E-state index in [2.05, 4.69) is 0 Å². The fourth-order valence-corrected chi connectivity index (χ4v) is 4.95. The van der Waals surface area contributed by atoms with Gasteiger partial charge >= 0.3 is 114 Å². The number of carboxylic acids is 1. The van der Waals surface area contributed by atoms with Gasteiger partial charge in [-0.05, 0) is 0 Å². The summed E-state index contributed by atoms with van der Waals surface area (Å²) in [6.45, 7) is 0.622. The molecule has 0 saturated heterocycles. The van der Waals surface area contributed by atoms with Crippen LogP contribution in [0.2, 0.25) is 0 Å². The first kappa shape index (κ1) is 12.1. The van der Waals surface area contributed by atoms with Gasteiger partial charge in [0, 0.05) is 0 Å². The topological polar surface area (TPSA) is 57.6 Å². The number of fused-ring (bicyclic) bond motifs is 1. The van der Waals surface area contributed by atoms with E-state index in [0.717, 1.165) is 15.7 Å². The molecule has 0 aromatic heterocycles. The summed E-state index contributed by atoms with van der Waals surface area (Å²) in [7, 11) is 0. The van der Waals surface area contributed by atoms with Crippen LogP contribution in [-0.2, 0) is 10.4 Å². The monoisotopic (exact) mass is 321 g/mol. The first-order valence-corrected chi connectivity index (χ1v) is 8.10. The average Bonchev–Trinajstić information content (AvgIpc) is 2.77. The first-order valence-electron chi connectivity index (χ1n) is 5.77. The van der Waals surface area contributed by atoms with Crippen molar-refractivity contribution < 1.29 is 13.7 Å². The Kier molecular flexibility index (Phi) is 2.93. The molecule has 1 aliphatic heterocycles. The van der Waals surface area contributed by atoms with Gasteiger partial charge < -0.3 is 0 Å². The Morgan fingerprint density at radius 1 is 1.11 bits per heavy atom. The quantitative estimate of drug-likeness (QED) is 0.853. The molecule has 0 spiro atoms. The molecule has 5 heteroatoms. The summed E-state index contributed by atoms with van der Waals surface area (Å²) < 4.78 is 15.2. The van der Waals surface area contributed by atoms with Gasteiger partial charge in [0.05, 0.1) is 0 Å². The standard InChI is InChI=1S/C14H11NO3Se/c16-14(17)10-5-7-12(8-6-10)15-9-11-3-1-2-4-13(11)19(15)18/h1-8H,9H2,(H,16,17). The molecule has 1 aliphatic rings. The van der Waals surface area contributed by atoms with E-state index in [1.807, 2.05) is 28.2 Å². The van der Waals surface area contributed by atoms with Crippen LogP contribution in [0.15, 0.2) is 48.5 Å². The number of nitrogens with zero attached hydrogens (tertiary/aromatic N) is 1. The number of rotatable bonds is 2. The van der Waals surface area contributed by atoms with Gasteiger partial charge in [0.1, 0.15) is 0 Å². The van der Waals surface area contributed by atoms with E-state index in [1.54, 1.807) is 24.3 Å². The molecule has 3 rings (SSSR count). The normalized spacial score (nSPS) is 17.3. The number of aromatic carboxylic acids is 1. The summed E-state index contributed by atoms with van der Waals surface area (Å²) in [5, 5.41) is 8.87. The third-order valence-corrected chi connectivity index (χ3v) is 6.26. The Hall–Kier alpha value is -1.97. The SMILES string of the molecule is O=C(O)c1ccc(N2Cc3ccccc3[Se]2=O)cc1. The fraction of sp³-hybridized carbons (Fsp3) is 0.0714. The molecule has 1 N–H and O–H groups in total. The summed E-state index contributed by atoms with van der Waals surface area (Å²) in [6.07, 6.45) is 0. The van der Waals surface area contributed by atoms with E-state index in [1.165, 1.54) is 0 Å². The summed E-state index contributed by atoms with van der Waals surface area (Å²) in [6, 6.07) is 14.2. The Balaban J connectivity index is 1.93. The number of carbonyl (C=O) groups is 1. The van der Waals surface area contributed by atoms with Gasteiger partial charge in [-0.15, -0.1) is 0 Å². The third kappa shape index (κ3) is 2.07. The van der Waals surface area contributed by atoms with Crippen LogP contribution >= 0.6 is 0 Å². The van der Waals surface area contributed by atoms with Crippen LogP contribution < -0.4 is 8.38 Å². The van der Waals surface area contributed by atoms with Crippen LogP contribution in [0.3, 0.4) is 0 Å². The van der Waals surface area contributed by atoms with Crippen LogP contribution in [-0.4, -0.2) is 25.1 Å². The molecule has 0 radical (unpaired) electrons. The van der Waals surface area contributed by atoms with Crippen molar-refractivity contribution in [3.05, 3.63) is 59.7 Å². The Bertz CT molecular complexity index is 667. The predicted molar refractivity (Wildman–Crippen MR) is 72.1 cm³/mol. The molecule has 0 bridgehead atoms. The average molecular weight is 320 g/mol. The Morgan fingerprint density at radius 3 is 2.42 bits per heavy atom. The number of anilines is 1.